The van der Waals surface area contributed by atoms with Crippen LogP contribution in [-0.4, -0.2) is 16.6 Å². The molecule has 1 aromatic rings. The van der Waals surface area contributed by atoms with Crippen LogP contribution in [0.1, 0.15) is 35.7 Å². The Hall–Kier alpha value is -1.51. The van der Waals surface area contributed by atoms with Gasteiger partial charge in [0, 0.05) is 11.1 Å². The topological polar surface area (TPSA) is 49.3 Å². The maximum Gasteiger partial charge on any atom is 0.251 e. The van der Waals surface area contributed by atoms with E-state index in [1.165, 1.54) is 6.07 Å². The number of hydrogen-bond donors (Lipinski definition) is 2. The van der Waals surface area contributed by atoms with Crippen molar-refractivity contribution in [1.29, 1.82) is 0 Å². The quantitative estimate of drug-likeness (QED) is 0.775. The second kappa shape index (κ2) is 3.26. The Morgan fingerprint density at radius 2 is 2.13 bits per heavy atom. The van der Waals surface area contributed by atoms with Gasteiger partial charge in [0.25, 0.3) is 5.91 Å². The zero-order valence-electron chi connectivity index (χ0n) is 9.00. The predicted octanol–water partition coefficient (Wildman–Crippen LogP) is 1.98. The third-order valence-corrected chi connectivity index (χ3v) is 2.87. The summed E-state index contributed by atoms with van der Waals surface area (Å²) in [7, 11) is 0. The standard InChI is InChI=1S/C12H15NO2/c1-8-7-9(14)3-4-10(8)11(15)13-12(2)5-6-12/h3-4,7,14H,5-6H2,1-2H3,(H,13,15). The number of amides is 1. The van der Waals surface area contributed by atoms with Gasteiger partial charge in [-0.05, 0) is 50.5 Å². The van der Waals surface area contributed by atoms with E-state index in [0.29, 0.717) is 5.56 Å². The molecule has 0 atom stereocenters. The zero-order valence-corrected chi connectivity index (χ0v) is 9.00. The molecule has 0 spiro atoms. The Morgan fingerprint density at radius 3 is 2.67 bits per heavy atom. The normalized spacial score (nSPS) is 17.2. The Labute approximate surface area is 89.1 Å². The molecule has 3 heteroatoms. The van der Waals surface area contributed by atoms with Gasteiger partial charge < -0.3 is 10.4 Å². The van der Waals surface area contributed by atoms with Gasteiger partial charge in [0.05, 0.1) is 0 Å². The Morgan fingerprint density at radius 1 is 1.47 bits per heavy atom. The van der Waals surface area contributed by atoms with E-state index >= 15 is 0 Å². The van der Waals surface area contributed by atoms with Gasteiger partial charge in [0.15, 0.2) is 0 Å². The molecule has 0 unspecified atom stereocenters. The van der Waals surface area contributed by atoms with Crippen molar-refractivity contribution in [3.63, 3.8) is 0 Å². The fourth-order valence-corrected chi connectivity index (χ4v) is 1.56. The number of rotatable bonds is 2. The molecule has 0 radical (unpaired) electrons. The Kier molecular flexibility index (Phi) is 2.18. The van der Waals surface area contributed by atoms with Gasteiger partial charge >= 0.3 is 0 Å². The first-order valence-electron chi connectivity index (χ1n) is 5.12. The maximum atomic E-state index is 11.8. The van der Waals surface area contributed by atoms with E-state index < -0.39 is 0 Å². The van der Waals surface area contributed by atoms with Crippen LogP contribution in [-0.2, 0) is 0 Å². The van der Waals surface area contributed by atoms with Crippen LogP contribution in [0, 0.1) is 6.92 Å². The zero-order chi connectivity index (χ0) is 11.1. The van der Waals surface area contributed by atoms with Gasteiger partial charge in [-0.1, -0.05) is 0 Å². The second-order valence-electron chi connectivity index (χ2n) is 4.51. The molecule has 0 saturated heterocycles. The molecule has 1 amide bonds. The lowest BCUT2D eigenvalue weighted by atomic mass is 10.1. The summed E-state index contributed by atoms with van der Waals surface area (Å²) in [5.41, 5.74) is 1.44. The summed E-state index contributed by atoms with van der Waals surface area (Å²) in [5, 5.41) is 12.2. The molecular weight excluding hydrogens is 190 g/mol. The molecule has 2 rings (SSSR count). The molecule has 0 heterocycles. The van der Waals surface area contributed by atoms with E-state index in [0.717, 1.165) is 18.4 Å². The number of nitrogens with one attached hydrogen (secondary N) is 1. The van der Waals surface area contributed by atoms with Crippen LogP contribution in [0.5, 0.6) is 5.75 Å². The van der Waals surface area contributed by atoms with Crippen LogP contribution in [0.3, 0.4) is 0 Å². The third kappa shape index (κ3) is 2.12. The average Bonchev–Trinajstić information content (AvgIpc) is 2.82. The van der Waals surface area contributed by atoms with Crippen molar-refractivity contribution in [3.8, 4) is 5.75 Å². The molecule has 15 heavy (non-hydrogen) atoms. The van der Waals surface area contributed by atoms with Gasteiger partial charge in [0.2, 0.25) is 0 Å². The summed E-state index contributed by atoms with van der Waals surface area (Å²) in [4.78, 5) is 11.8. The monoisotopic (exact) mass is 205 g/mol. The summed E-state index contributed by atoms with van der Waals surface area (Å²) in [6.45, 7) is 3.87. The summed E-state index contributed by atoms with van der Waals surface area (Å²) in [6, 6.07) is 4.80. The van der Waals surface area contributed by atoms with Crippen molar-refractivity contribution in [1.82, 2.24) is 5.32 Å². The van der Waals surface area contributed by atoms with E-state index in [4.69, 9.17) is 0 Å². The minimum Gasteiger partial charge on any atom is -0.508 e. The van der Waals surface area contributed by atoms with E-state index in [1.54, 1.807) is 12.1 Å². The van der Waals surface area contributed by atoms with Crippen LogP contribution in [0.15, 0.2) is 18.2 Å². The first kappa shape index (κ1) is 10.0. The van der Waals surface area contributed by atoms with Gasteiger partial charge in [-0.25, -0.2) is 0 Å². The minimum absolute atomic E-state index is 0.00140. The van der Waals surface area contributed by atoms with Crippen LogP contribution in [0.2, 0.25) is 0 Å². The summed E-state index contributed by atoms with van der Waals surface area (Å²) in [5.74, 6) is 0.147. The molecular formula is C12H15NO2. The number of carbonyl (C=O) groups is 1. The highest BCUT2D eigenvalue weighted by Gasteiger charge is 2.38. The van der Waals surface area contributed by atoms with Gasteiger partial charge in [-0.15, -0.1) is 0 Å². The van der Waals surface area contributed by atoms with Crippen LogP contribution in [0.4, 0.5) is 0 Å². The smallest absolute Gasteiger partial charge is 0.251 e. The largest absolute Gasteiger partial charge is 0.508 e. The van der Waals surface area contributed by atoms with E-state index in [-0.39, 0.29) is 17.2 Å². The van der Waals surface area contributed by atoms with E-state index in [1.807, 2.05) is 13.8 Å². The number of aryl methyl sites for hydroxylation is 1. The fourth-order valence-electron chi connectivity index (χ4n) is 1.56. The minimum atomic E-state index is -0.0486. The summed E-state index contributed by atoms with van der Waals surface area (Å²) in [6.07, 6.45) is 2.10. The molecule has 2 N–H and O–H groups in total. The van der Waals surface area contributed by atoms with Gasteiger partial charge in [-0.3, -0.25) is 4.79 Å². The second-order valence-corrected chi connectivity index (χ2v) is 4.51. The number of aromatic hydroxyl groups is 1. The van der Waals surface area contributed by atoms with Crippen molar-refractivity contribution < 1.29 is 9.90 Å². The molecule has 1 saturated carbocycles. The highest BCUT2D eigenvalue weighted by molar-refractivity contribution is 5.96. The van der Waals surface area contributed by atoms with Crippen molar-refractivity contribution in [2.24, 2.45) is 0 Å². The highest BCUT2D eigenvalue weighted by Crippen LogP contribution is 2.34. The first-order valence-corrected chi connectivity index (χ1v) is 5.12. The van der Waals surface area contributed by atoms with Crippen molar-refractivity contribution in [2.45, 2.75) is 32.2 Å². The average molecular weight is 205 g/mol. The van der Waals surface area contributed by atoms with Crippen molar-refractivity contribution in [3.05, 3.63) is 29.3 Å². The van der Waals surface area contributed by atoms with Crippen molar-refractivity contribution in [2.75, 3.05) is 0 Å². The molecule has 0 bridgehead atoms. The Balaban J connectivity index is 2.18. The lowest BCUT2D eigenvalue weighted by Gasteiger charge is -2.12. The number of phenolic OH excluding ortho intramolecular Hbond substituents is 1. The SMILES string of the molecule is Cc1cc(O)ccc1C(=O)NC1(C)CC1. The van der Waals surface area contributed by atoms with E-state index in [9.17, 15) is 9.90 Å². The summed E-state index contributed by atoms with van der Waals surface area (Å²) >= 11 is 0. The van der Waals surface area contributed by atoms with Gasteiger partial charge in [0.1, 0.15) is 5.75 Å². The highest BCUT2D eigenvalue weighted by atomic mass is 16.3. The molecule has 0 aromatic heterocycles. The third-order valence-electron chi connectivity index (χ3n) is 2.87. The molecule has 80 valence electrons. The molecule has 1 aromatic carbocycles. The molecule has 1 aliphatic carbocycles. The van der Waals surface area contributed by atoms with Gasteiger partial charge in [-0.2, -0.15) is 0 Å². The first-order chi connectivity index (χ1) is 7.00. The lowest BCUT2D eigenvalue weighted by Crippen LogP contribution is -2.34. The fraction of sp³-hybridized carbons (Fsp3) is 0.417. The molecule has 1 fully saturated rings. The lowest BCUT2D eigenvalue weighted by molar-refractivity contribution is 0.0935. The van der Waals surface area contributed by atoms with Crippen LogP contribution < -0.4 is 5.32 Å². The van der Waals surface area contributed by atoms with Crippen LogP contribution >= 0.6 is 0 Å². The number of carbonyl (C=O) groups excluding carboxylic acids is 1. The number of phenols is 1. The molecule has 0 aliphatic heterocycles. The maximum absolute atomic E-state index is 11.8. The van der Waals surface area contributed by atoms with Crippen LogP contribution in [0.25, 0.3) is 0 Å². The summed E-state index contributed by atoms with van der Waals surface area (Å²) < 4.78 is 0. The predicted molar refractivity (Wildman–Crippen MR) is 57.9 cm³/mol. The van der Waals surface area contributed by atoms with Crippen molar-refractivity contribution >= 4 is 5.91 Å². The number of hydrogen-bond acceptors (Lipinski definition) is 2. The Bertz CT molecular complexity index is 408. The molecule has 1 aliphatic rings. The molecule has 3 nitrogen and oxygen atoms in total. The number of benzene rings is 1. The van der Waals surface area contributed by atoms with E-state index in [2.05, 4.69) is 5.32 Å².